The summed E-state index contributed by atoms with van der Waals surface area (Å²) >= 11 is 0. The molecule has 6 rings (SSSR count). The molecule has 44 heavy (non-hydrogen) atoms. The third kappa shape index (κ3) is 6.00. The molecule has 1 amide bonds. The molecule has 0 radical (unpaired) electrons. The van der Waals surface area contributed by atoms with E-state index in [9.17, 15) is 19.1 Å². The minimum Gasteiger partial charge on any atom is -0.380 e. The molecule has 3 aromatic carbocycles. The summed E-state index contributed by atoms with van der Waals surface area (Å²) in [6, 6.07) is 19.9. The number of nitrogens with one attached hydrogen (secondary N) is 2. The van der Waals surface area contributed by atoms with E-state index in [-0.39, 0.29) is 23.7 Å². The van der Waals surface area contributed by atoms with Crippen molar-refractivity contribution >= 4 is 28.2 Å². The summed E-state index contributed by atoms with van der Waals surface area (Å²) in [5, 5.41) is 25.8. The fraction of sp³-hybridized carbons (Fsp3) is 0.333. The third-order valence-electron chi connectivity index (χ3n) is 8.48. The van der Waals surface area contributed by atoms with Gasteiger partial charge in [-0.15, -0.1) is 0 Å². The molecule has 2 saturated heterocycles. The van der Waals surface area contributed by atoms with E-state index in [1.807, 2.05) is 23.1 Å². The summed E-state index contributed by atoms with van der Waals surface area (Å²) in [6.07, 6.45) is -0.565. The largest absolute Gasteiger partial charge is 0.380 e. The van der Waals surface area contributed by atoms with Crippen LogP contribution in [0.3, 0.4) is 0 Å². The minimum absolute atomic E-state index is 0.232. The van der Waals surface area contributed by atoms with E-state index >= 15 is 0 Å². The molecule has 2 aliphatic rings. The SMILES string of the molecule is Cc1nc2cccc(NCc3ccc(CN4CCN(c5ccc(C#N)cc5F)CC4)cc3)c2c(=O)n1C1CCC(=O)NC1O. The first kappa shape index (κ1) is 29.3. The maximum atomic E-state index is 14.5. The van der Waals surface area contributed by atoms with Gasteiger partial charge in [0, 0.05) is 51.4 Å². The number of aromatic nitrogens is 2. The van der Waals surface area contributed by atoms with Crippen molar-refractivity contribution in [3.05, 3.63) is 99.3 Å². The number of aryl methyl sites for hydroxylation is 1. The molecule has 10 nitrogen and oxygen atoms in total. The van der Waals surface area contributed by atoms with Gasteiger partial charge in [0.15, 0.2) is 0 Å². The highest BCUT2D eigenvalue weighted by atomic mass is 19.1. The van der Waals surface area contributed by atoms with Crippen LogP contribution >= 0.6 is 0 Å². The van der Waals surface area contributed by atoms with Crippen LogP contribution in [0.5, 0.6) is 0 Å². The number of carbonyl (C=O) groups is 1. The van der Waals surface area contributed by atoms with Gasteiger partial charge in [-0.25, -0.2) is 9.37 Å². The molecular formula is C33H34FN7O3. The Kier molecular flexibility index (Phi) is 8.28. The zero-order valence-electron chi connectivity index (χ0n) is 24.5. The number of hydrogen-bond donors (Lipinski definition) is 3. The van der Waals surface area contributed by atoms with Crippen LogP contribution in [0.2, 0.25) is 0 Å². The van der Waals surface area contributed by atoms with Gasteiger partial charge in [-0.1, -0.05) is 30.3 Å². The average Bonchev–Trinajstić information content (AvgIpc) is 3.02. The van der Waals surface area contributed by atoms with Crippen molar-refractivity contribution < 1.29 is 14.3 Å². The number of amides is 1. The number of halogens is 1. The van der Waals surface area contributed by atoms with E-state index < -0.39 is 12.3 Å². The van der Waals surface area contributed by atoms with E-state index in [1.165, 1.54) is 16.2 Å². The number of benzene rings is 3. The lowest BCUT2D eigenvalue weighted by Crippen LogP contribution is -2.48. The zero-order chi connectivity index (χ0) is 30.8. The van der Waals surface area contributed by atoms with Crippen LogP contribution in [-0.2, 0) is 17.9 Å². The number of nitriles is 1. The van der Waals surface area contributed by atoms with Gasteiger partial charge < -0.3 is 20.6 Å². The molecule has 0 bridgehead atoms. The van der Waals surface area contributed by atoms with Crippen LogP contribution in [0, 0.1) is 24.1 Å². The Balaban J connectivity index is 1.09. The molecule has 2 atom stereocenters. The Bertz CT molecular complexity index is 1790. The third-order valence-corrected chi connectivity index (χ3v) is 8.48. The maximum Gasteiger partial charge on any atom is 0.263 e. The van der Waals surface area contributed by atoms with Crippen molar-refractivity contribution in [1.29, 1.82) is 5.26 Å². The van der Waals surface area contributed by atoms with E-state index in [1.54, 1.807) is 25.1 Å². The second-order valence-electron chi connectivity index (χ2n) is 11.4. The lowest BCUT2D eigenvalue weighted by Gasteiger charge is -2.36. The summed E-state index contributed by atoms with van der Waals surface area (Å²) in [5.74, 6) is -0.112. The van der Waals surface area contributed by atoms with E-state index in [2.05, 4.69) is 44.8 Å². The van der Waals surface area contributed by atoms with Gasteiger partial charge in [0.2, 0.25) is 5.91 Å². The van der Waals surface area contributed by atoms with Crippen molar-refractivity contribution in [3.63, 3.8) is 0 Å². The number of fused-ring (bicyclic) bond motifs is 1. The quantitative estimate of drug-likeness (QED) is 0.297. The van der Waals surface area contributed by atoms with Gasteiger partial charge in [-0.2, -0.15) is 5.26 Å². The van der Waals surface area contributed by atoms with Gasteiger partial charge in [0.25, 0.3) is 5.56 Å². The van der Waals surface area contributed by atoms with Crippen LogP contribution < -0.4 is 21.1 Å². The van der Waals surface area contributed by atoms with Gasteiger partial charge in [0.1, 0.15) is 17.9 Å². The van der Waals surface area contributed by atoms with E-state index in [0.717, 1.165) is 25.2 Å². The number of rotatable bonds is 7. The number of piperazine rings is 1. The molecule has 0 aliphatic carbocycles. The van der Waals surface area contributed by atoms with Crippen LogP contribution in [0.4, 0.5) is 15.8 Å². The molecule has 2 unspecified atom stereocenters. The first-order valence-electron chi connectivity index (χ1n) is 14.8. The molecule has 1 aromatic heterocycles. The Hall–Kier alpha value is -4.79. The highest BCUT2D eigenvalue weighted by molar-refractivity contribution is 5.90. The van der Waals surface area contributed by atoms with Crippen LogP contribution in [0.25, 0.3) is 10.9 Å². The molecule has 2 fully saturated rings. The van der Waals surface area contributed by atoms with Crippen molar-refractivity contribution in [3.8, 4) is 6.07 Å². The Morgan fingerprint density at radius 2 is 1.82 bits per heavy atom. The lowest BCUT2D eigenvalue weighted by molar-refractivity contribution is -0.128. The van der Waals surface area contributed by atoms with Gasteiger partial charge in [-0.3, -0.25) is 19.1 Å². The predicted molar refractivity (Wildman–Crippen MR) is 166 cm³/mol. The summed E-state index contributed by atoms with van der Waals surface area (Å²) in [6.45, 7) is 6.06. The van der Waals surface area contributed by atoms with Gasteiger partial charge in [0.05, 0.1) is 34.3 Å². The number of piperidine rings is 1. The molecule has 3 heterocycles. The van der Waals surface area contributed by atoms with Gasteiger partial charge >= 0.3 is 0 Å². The first-order valence-corrected chi connectivity index (χ1v) is 14.8. The van der Waals surface area contributed by atoms with Crippen LogP contribution in [-0.4, -0.2) is 57.9 Å². The molecule has 2 aliphatic heterocycles. The number of aliphatic hydroxyl groups is 1. The molecular weight excluding hydrogens is 561 g/mol. The molecule has 0 spiro atoms. The Morgan fingerprint density at radius 1 is 1.07 bits per heavy atom. The smallest absolute Gasteiger partial charge is 0.263 e. The van der Waals surface area contributed by atoms with E-state index in [0.29, 0.717) is 59.7 Å². The van der Waals surface area contributed by atoms with E-state index in [4.69, 9.17) is 5.26 Å². The molecule has 4 aromatic rings. The molecule has 11 heteroatoms. The molecule has 0 saturated carbocycles. The monoisotopic (exact) mass is 595 g/mol. The second kappa shape index (κ2) is 12.4. The standard InChI is InChI=1S/C33H34FN7O3/c1-21-37-27-4-2-3-26(31(27)33(44)41(21)29-11-12-30(42)38-32(29)43)36-19-22-5-7-23(8-6-22)20-39-13-15-40(16-14-39)28-10-9-24(18-35)17-25(28)34/h2-10,17,29,32,36,43H,11-16,19-20H2,1H3,(H,38,42). The second-order valence-corrected chi connectivity index (χ2v) is 11.4. The summed E-state index contributed by atoms with van der Waals surface area (Å²) < 4.78 is 15.9. The van der Waals surface area contributed by atoms with Crippen LogP contribution in [0.1, 0.15) is 41.4 Å². The Morgan fingerprint density at radius 3 is 2.52 bits per heavy atom. The minimum atomic E-state index is -1.15. The maximum absolute atomic E-state index is 14.5. The predicted octanol–water partition coefficient (Wildman–Crippen LogP) is 3.42. The number of hydrogen-bond acceptors (Lipinski definition) is 8. The lowest BCUT2D eigenvalue weighted by atomic mass is 10.0. The highest BCUT2D eigenvalue weighted by Gasteiger charge is 2.31. The highest BCUT2D eigenvalue weighted by Crippen LogP contribution is 2.26. The Labute approximate surface area is 254 Å². The molecule has 3 N–H and O–H groups in total. The number of carbonyl (C=O) groups excluding carboxylic acids is 1. The molecule has 226 valence electrons. The number of anilines is 2. The summed E-state index contributed by atoms with van der Waals surface area (Å²) in [5.41, 5.74) is 4.06. The van der Waals surface area contributed by atoms with Gasteiger partial charge in [-0.05, 0) is 54.8 Å². The van der Waals surface area contributed by atoms with Crippen molar-refractivity contribution in [2.75, 3.05) is 36.4 Å². The zero-order valence-corrected chi connectivity index (χ0v) is 24.5. The topological polar surface area (TPSA) is 127 Å². The van der Waals surface area contributed by atoms with Crippen LogP contribution in [0.15, 0.2) is 65.5 Å². The van der Waals surface area contributed by atoms with Crippen molar-refractivity contribution in [2.24, 2.45) is 0 Å². The normalized spacial score (nSPS) is 19.0. The number of aliphatic hydroxyl groups excluding tert-OH is 1. The number of nitrogens with zero attached hydrogens (tertiary/aromatic N) is 5. The average molecular weight is 596 g/mol. The summed E-state index contributed by atoms with van der Waals surface area (Å²) in [7, 11) is 0. The first-order chi connectivity index (χ1) is 21.3. The van der Waals surface area contributed by atoms with Crippen molar-refractivity contribution in [1.82, 2.24) is 19.8 Å². The fourth-order valence-electron chi connectivity index (χ4n) is 6.13. The fourth-order valence-corrected chi connectivity index (χ4v) is 6.13. The summed E-state index contributed by atoms with van der Waals surface area (Å²) in [4.78, 5) is 34.4. The van der Waals surface area contributed by atoms with Crippen molar-refractivity contribution in [2.45, 2.75) is 45.1 Å².